The van der Waals surface area contributed by atoms with E-state index >= 15 is 0 Å². The van der Waals surface area contributed by atoms with E-state index in [2.05, 4.69) is 0 Å². The van der Waals surface area contributed by atoms with Crippen LogP contribution in [0.15, 0.2) is 36.4 Å². The van der Waals surface area contributed by atoms with Gasteiger partial charge in [-0.1, -0.05) is 12.1 Å². The number of aliphatic hydroxyl groups is 5. The molecule has 0 bridgehead atoms. The maximum atomic E-state index is 13.0. The van der Waals surface area contributed by atoms with Gasteiger partial charge < -0.3 is 50.0 Å². The summed E-state index contributed by atoms with van der Waals surface area (Å²) in [5.74, 6) is -1.73. The van der Waals surface area contributed by atoms with E-state index in [9.17, 15) is 40.5 Å². The van der Waals surface area contributed by atoms with E-state index in [0.717, 1.165) is 6.07 Å². The molecule has 1 fully saturated rings. The Bertz CT molecular complexity index is 960. The number of ketones is 1. The van der Waals surface area contributed by atoms with Crippen molar-refractivity contribution in [2.45, 2.75) is 43.2 Å². The molecule has 2 aromatic carbocycles. The number of hydrogen-bond donors (Lipinski definition) is 7. The van der Waals surface area contributed by atoms with Gasteiger partial charge in [-0.3, -0.25) is 4.79 Å². The fourth-order valence-corrected chi connectivity index (χ4v) is 3.44. The third kappa shape index (κ3) is 5.36. The zero-order valence-electron chi connectivity index (χ0n) is 17.6. The smallest absolute Gasteiger partial charge is 0.229 e. The van der Waals surface area contributed by atoms with Crippen LogP contribution in [0.1, 0.15) is 15.9 Å². The summed E-state index contributed by atoms with van der Waals surface area (Å²) >= 11 is 0. The molecule has 1 saturated heterocycles. The molecule has 7 N–H and O–H groups in total. The van der Waals surface area contributed by atoms with Crippen molar-refractivity contribution >= 4 is 5.78 Å². The summed E-state index contributed by atoms with van der Waals surface area (Å²) in [7, 11) is 1.30. The fourth-order valence-electron chi connectivity index (χ4n) is 3.44. The Morgan fingerprint density at radius 2 is 1.73 bits per heavy atom. The van der Waals surface area contributed by atoms with Crippen molar-refractivity contribution in [3.63, 3.8) is 0 Å². The van der Waals surface area contributed by atoms with E-state index in [-0.39, 0.29) is 23.7 Å². The van der Waals surface area contributed by atoms with E-state index < -0.39 is 60.5 Å². The number of ether oxygens (including phenoxy) is 3. The van der Waals surface area contributed by atoms with Gasteiger partial charge in [0.1, 0.15) is 59.1 Å². The van der Waals surface area contributed by atoms with Gasteiger partial charge in [-0.15, -0.1) is 0 Å². The highest BCUT2D eigenvalue weighted by atomic mass is 16.7. The molecule has 180 valence electrons. The number of aromatic hydroxyl groups is 2. The van der Waals surface area contributed by atoms with Gasteiger partial charge in [-0.25, -0.2) is 0 Å². The lowest BCUT2D eigenvalue weighted by molar-refractivity contribution is -0.277. The Hall–Kier alpha value is -2.93. The number of phenols is 2. The number of phenolic OH excluding ortho intramolecular Hbond substituents is 2. The molecule has 0 unspecified atom stereocenters. The predicted molar refractivity (Wildman–Crippen MR) is 111 cm³/mol. The Kier molecular flexibility index (Phi) is 7.74. The second-order valence-electron chi connectivity index (χ2n) is 7.59. The first-order valence-corrected chi connectivity index (χ1v) is 10.0. The number of carbonyl (C=O) groups is 1. The first kappa shape index (κ1) is 24.7. The minimum Gasteiger partial charge on any atom is -0.508 e. The lowest BCUT2D eigenvalue weighted by Gasteiger charge is -2.39. The molecule has 6 atom stereocenters. The summed E-state index contributed by atoms with van der Waals surface area (Å²) in [4.78, 5) is 13.0. The van der Waals surface area contributed by atoms with Gasteiger partial charge in [0, 0.05) is 18.6 Å². The zero-order chi connectivity index (χ0) is 24.3. The summed E-state index contributed by atoms with van der Waals surface area (Å²) in [6.07, 6.45) is -9.73. The van der Waals surface area contributed by atoms with Crippen LogP contribution in [0, 0.1) is 0 Å². The van der Waals surface area contributed by atoms with Crippen LogP contribution in [0.5, 0.6) is 23.0 Å². The first-order chi connectivity index (χ1) is 15.7. The zero-order valence-corrected chi connectivity index (χ0v) is 17.6. The maximum absolute atomic E-state index is 13.0. The number of benzene rings is 2. The molecule has 11 nitrogen and oxygen atoms in total. The van der Waals surface area contributed by atoms with Gasteiger partial charge >= 0.3 is 0 Å². The highest BCUT2D eigenvalue weighted by molar-refractivity contribution is 6.04. The lowest BCUT2D eigenvalue weighted by atomic mass is 9.97. The molecule has 2 aromatic rings. The molecular weight excluding hydrogens is 440 g/mol. The molecule has 0 amide bonds. The predicted octanol–water partition coefficient (Wildman–Crippen LogP) is -0.929. The van der Waals surface area contributed by atoms with E-state index in [0.29, 0.717) is 5.56 Å². The van der Waals surface area contributed by atoms with Gasteiger partial charge in [-0.05, 0) is 17.7 Å². The number of hydrogen-bond acceptors (Lipinski definition) is 11. The lowest BCUT2D eigenvalue weighted by Crippen LogP contribution is -2.60. The Morgan fingerprint density at radius 3 is 2.33 bits per heavy atom. The number of aliphatic hydroxyl groups excluding tert-OH is 5. The number of methoxy groups -OCH3 is 1. The molecule has 0 spiro atoms. The van der Waals surface area contributed by atoms with E-state index in [1.54, 1.807) is 0 Å². The Balaban J connectivity index is 1.90. The molecular formula is C22H26O11. The average Bonchev–Trinajstić information content (AvgIpc) is 2.80. The van der Waals surface area contributed by atoms with Crippen LogP contribution in [0.2, 0.25) is 0 Å². The van der Waals surface area contributed by atoms with Gasteiger partial charge in [0.2, 0.25) is 6.29 Å². The SMILES string of the molecule is COc1cc(O)c(C(=O)[C@H](O)Cc2ccc(O)cc2)c(O[C@H]2O[C@@H](CO)[C@@H](O)[C@@H](O)[C@H]2O)c1. The van der Waals surface area contributed by atoms with Crippen LogP contribution in [0.4, 0.5) is 0 Å². The Labute approximate surface area is 188 Å². The van der Waals surface area contributed by atoms with Crippen LogP contribution in [0.25, 0.3) is 0 Å². The minimum atomic E-state index is -1.76. The van der Waals surface area contributed by atoms with E-state index in [1.807, 2.05) is 0 Å². The van der Waals surface area contributed by atoms with Crippen LogP contribution in [0.3, 0.4) is 0 Å². The molecule has 0 aliphatic carbocycles. The van der Waals surface area contributed by atoms with E-state index in [1.165, 1.54) is 37.4 Å². The maximum Gasteiger partial charge on any atom is 0.229 e. The number of carbonyl (C=O) groups excluding carboxylic acids is 1. The topological polar surface area (TPSA) is 186 Å². The first-order valence-electron chi connectivity index (χ1n) is 10.0. The third-order valence-corrected chi connectivity index (χ3v) is 5.30. The summed E-state index contributed by atoms with van der Waals surface area (Å²) in [6, 6.07) is 8.16. The van der Waals surface area contributed by atoms with Crippen LogP contribution in [-0.2, 0) is 11.2 Å². The van der Waals surface area contributed by atoms with Crippen molar-refractivity contribution in [3.8, 4) is 23.0 Å². The standard InChI is InChI=1S/C22H26O11/c1-31-12-7-13(25)17(18(27)14(26)6-10-2-4-11(24)5-3-10)15(8-12)32-22-21(30)20(29)19(28)16(9-23)33-22/h2-5,7-8,14,16,19-26,28-30H,6,9H2,1H3/t14-,16+,19-,20-,21-,22+/m1/s1. The summed E-state index contributed by atoms with van der Waals surface area (Å²) in [5, 5.41) is 69.8. The molecule has 0 saturated carbocycles. The van der Waals surface area contributed by atoms with Crippen molar-refractivity contribution in [1.82, 2.24) is 0 Å². The van der Waals surface area contributed by atoms with Gasteiger partial charge in [-0.2, -0.15) is 0 Å². The second kappa shape index (κ2) is 10.3. The van der Waals surface area contributed by atoms with Gasteiger partial charge in [0.25, 0.3) is 0 Å². The molecule has 0 aromatic heterocycles. The van der Waals surface area contributed by atoms with Crippen molar-refractivity contribution in [3.05, 3.63) is 47.5 Å². The minimum absolute atomic E-state index is 0.0163. The Morgan fingerprint density at radius 1 is 1.06 bits per heavy atom. The van der Waals surface area contributed by atoms with Gasteiger partial charge in [0.15, 0.2) is 5.78 Å². The second-order valence-corrected chi connectivity index (χ2v) is 7.59. The quantitative estimate of drug-likeness (QED) is 0.238. The van der Waals surface area contributed by atoms with Crippen molar-refractivity contribution in [2.24, 2.45) is 0 Å². The van der Waals surface area contributed by atoms with Crippen molar-refractivity contribution in [2.75, 3.05) is 13.7 Å². The average molecular weight is 466 g/mol. The van der Waals surface area contributed by atoms with E-state index in [4.69, 9.17) is 14.2 Å². The van der Waals surface area contributed by atoms with Gasteiger partial charge in [0.05, 0.1) is 13.7 Å². The van der Waals surface area contributed by atoms with Crippen molar-refractivity contribution < 1.29 is 54.8 Å². The van der Waals surface area contributed by atoms with Crippen LogP contribution >= 0.6 is 0 Å². The monoisotopic (exact) mass is 466 g/mol. The molecule has 3 rings (SSSR count). The highest BCUT2D eigenvalue weighted by Crippen LogP contribution is 2.36. The summed E-state index contributed by atoms with van der Waals surface area (Å²) < 4.78 is 15.9. The number of Topliss-reactive ketones (excluding diaryl/α,β-unsaturated/α-hetero) is 1. The number of rotatable bonds is 8. The molecule has 33 heavy (non-hydrogen) atoms. The fraction of sp³-hybridized carbons (Fsp3) is 0.409. The molecule has 0 radical (unpaired) electrons. The molecule has 11 heteroatoms. The van der Waals surface area contributed by atoms with Crippen molar-refractivity contribution in [1.29, 1.82) is 0 Å². The largest absolute Gasteiger partial charge is 0.508 e. The third-order valence-electron chi connectivity index (χ3n) is 5.30. The summed E-state index contributed by atoms with van der Waals surface area (Å²) in [6.45, 7) is -0.689. The summed E-state index contributed by atoms with van der Waals surface area (Å²) in [5.41, 5.74) is 0.108. The van der Waals surface area contributed by atoms with Crippen LogP contribution < -0.4 is 9.47 Å². The molecule has 1 aliphatic rings. The highest BCUT2D eigenvalue weighted by Gasteiger charge is 2.45. The van der Waals surface area contributed by atoms with Crippen LogP contribution in [-0.4, -0.2) is 92.1 Å². The molecule has 1 heterocycles. The molecule has 1 aliphatic heterocycles. The normalized spacial score (nSPS) is 25.9.